The first kappa shape index (κ1) is 11.3. The second kappa shape index (κ2) is 4.23. The lowest BCUT2D eigenvalue weighted by atomic mass is 10.1. The van der Waals surface area contributed by atoms with Crippen LogP contribution in [0.4, 0.5) is 0 Å². The minimum atomic E-state index is 0.108. The number of hydrogen-bond donors (Lipinski definition) is 0. The van der Waals surface area contributed by atoms with Gasteiger partial charge < -0.3 is 9.47 Å². The number of para-hydroxylation sites is 1. The smallest absolute Gasteiger partial charge is 0.231 e. The summed E-state index contributed by atoms with van der Waals surface area (Å²) in [6.45, 7) is 0.240. The van der Waals surface area contributed by atoms with Gasteiger partial charge in [-0.25, -0.2) is 0 Å². The maximum atomic E-state index is 12.4. The fourth-order valence-corrected chi connectivity index (χ4v) is 2.73. The third-order valence-electron chi connectivity index (χ3n) is 3.69. The molecule has 1 aliphatic carbocycles. The number of fused-ring (bicyclic) bond motifs is 2. The Labute approximate surface area is 116 Å². The van der Waals surface area contributed by atoms with E-state index in [2.05, 4.69) is 0 Å². The monoisotopic (exact) mass is 264 g/mol. The SMILES string of the molecule is O=C1/C(=C/c2cccc3c2OCO3)Cc2ccccc21. The summed E-state index contributed by atoms with van der Waals surface area (Å²) in [6.07, 6.45) is 2.59. The molecule has 1 heterocycles. The molecule has 98 valence electrons. The predicted octanol–water partition coefficient (Wildman–Crippen LogP) is 3.24. The molecule has 1 aliphatic heterocycles. The van der Waals surface area contributed by atoms with Crippen LogP contribution in [0.25, 0.3) is 6.08 Å². The summed E-state index contributed by atoms with van der Waals surface area (Å²) >= 11 is 0. The third kappa shape index (κ3) is 1.63. The van der Waals surface area contributed by atoms with Gasteiger partial charge in [0.15, 0.2) is 17.3 Å². The average molecular weight is 264 g/mol. The Morgan fingerprint density at radius 1 is 1.00 bits per heavy atom. The largest absolute Gasteiger partial charge is 0.454 e. The van der Waals surface area contributed by atoms with Crippen LogP contribution < -0.4 is 9.47 Å². The molecule has 0 spiro atoms. The summed E-state index contributed by atoms with van der Waals surface area (Å²) in [7, 11) is 0. The molecule has 0 saturated carbocycles. The van der Waals surface area contributed by atoms with Gasteiger partial charge in [0.1, 0.15) is 0 Å². The highest BCUT2D eigenvalue weighted by Crippen LogP contribution is 2.37. The van der Waals surface area contributed by atoms with E-state index in [4.69, 9.17) is 9.47 Å². The van der Waals surface area contributed by atoms with E-state index in [-0.39, 0.29) is 12.6 Å². The minimum Gasteiger partial charge on any atom is -0.454 e. The van der Waals surface area contributed by atoms with Crippen molar-refractivity contribution in [3.05, 3.63) is 64.7 Å². The Morgan fingerprint density at radius 2 is 1.90 bits per heavy atom. The molecule has 0 N–H and O–H groups in total. The summed E-state index contributed by atoms with van der Waals surface area (Å²) in [4.78, 5) is 12.4. The lowest BCUT2D eigenvalue weighted by Gasteiger charge is -2.02. The Hall–Kier alpha value is -2.55. The van der Waals surface area contributed by atoms with Crippen molar-refractivity contribution < 1.29 is 14.3 Å². The average Bonchev–Trinajstić information content (AvgIpc) is 3.06. The van der Waals surface area contributed by atoms with Crippen LogP contribution in [0.2, 0.25) is 0 Å². The molecule has 2 aliphatic rings. The van der Waals surface area contributed by atoms with Gasteiger partial charge in [0.25, 0.3) is 0 Å². The van der Waals surface area contributed by atoms with Crippen molar-refractivity contribution in [2.24, 2.45) is 0 Å². The molecule has 0 atom stereocenters. The van der Waals surface area contributed by atoms with Crippen molar-refractivity contribution in [3.8, 4) is 11.5 Å². The first-order valence-corrected chi connectivity index (χ1v) is 6.55. The van der Waals surface area contributed by atoms with E-state index in [1.54, 1.807) is 0 Å². The van der Waals surface area contributed by atoms with Crippen LogP contribution in [0.3, 0.4) is 0 Å². The summed E-state index contributed by atoms with van der Waals surface area (Å²) < 4.78 is 10.8. The third-order valence-corrected chi connectivity index (χ3v) is 3.69. The molecular formula is C17H12O3. The van der Waals surface area contributed by atoms with Gasteiger partial charge in [-0.1, -0.05) is 36.4 Å². The van der Waals surface area contributed by atoms with Crippen molar-refractivity contribution in [2.75, 3.05) is 6.79 Å². The molecule has 2 aromatic carbocycles. The molecule has 2 aromatic rings. The molecular weight excluding hydrogens is 252 g/mol. The van der Waals surface area contributed by atoms with E-state index in [9.17, 15) is 4.79 Å². The fourth-order valence-electron chi connectivity index (χ4n) is 2.73. The van der Waals surface area contributed by atoms with Gasteiger partial charge in [0.2, 0.25) is 6.79 Å². The second-order valence-electron chi connectivity index (χ2n) is 4.91. The maximum absolute atomic E-state index is 12.4. The van der Waals surface area contributed by atoms with Gasteiger partial charge >= 0.3 is 0 Å². The molecule has 0 fully saturated rings. The van der Waals surface area contributed by atoms with Gasteiger partial charge in [0, 0.05) is 23.1 Å². The molecule has 0 amide bonds. The Kier molecular flexibility index (Phi) is 2.39. The molecule has 0 saturated heterocycles. The van der Waals surface area contributed by atoms with Gasteiger partial charge in [-0.15, -0.1) is 0 Å². The minimum absolute atomic E-state index is 0.108. The van der Waals surface area contributed by atoms with E-state index in [1.807, 2.05) is 48.5 Å². The molecule has 0 bridgehead atoms. The first-order valence-electron chi connectivity index (χ1n) is 6.55. The van der Waals surface area contributed by atoms with Crippen LogP contribution >= 0.6 is 0 Å². The van der Waals surface area contributed by atoms with E-state index >= 15 is 0 Å². The van der Waals surface area contributed by atoms with Crippen LogP contribution in [0, 0.1) is 0 Å². The second-order valence-corrected chi connectivity index (χ2v) is 4.91. The number of ketones is 1. The van der Waals surface area contributed by atoms with Crippen molar-refractivity contribution in [2.45, 2.75) is 6.42 Å². The van der Waals surface area contributed by atoms with Crippen molar-refractivity contribution in [1.29, 1.82) is 0 Å². The number of benzene rings is 2. The Balaban J connectivity index is 1.77. The lowest BCUT2D eigenvalue weighted by molar-refractivity contribution is 0.104. The highest BCUT2D eigenvalue weighted by atomic mass is 16.7. The van der Waals surface area contributed by atoms with Crippen molar-refractivity contribution in [1.82, 2.24) is 0 Å². The molecule has 0 aromatic heterocycles. The maximum Gasteiger partial charge on any atom is 0.231 e. The van der Waals surface area contributed by atoms with E-state index in [0.29, 0.717) is 6.42 Å². The van der Waals surface area contributed by atoms with Gasteiger partial charge in [-0.2, -0.15) is 0 Å². The van der Waals surface area contributed by atoms with Gasteiger partial charge in [-0.05, 0) is 17.7 Å². The Bertz CT molecular complexity index is 744. The summed E-state index contributed by atoms with van der Waals surface area (Å²) in [5, 5.41) is 0. The first-order chi connectivity index (χ1) is 9.83. The van der Waals surface area contributed by atoms with Crippen LogP contribution in [-0.4, -0.2) is 12.6 Å². The topological polar surface area (TPSA) is 35.5 Å². The molecule has 20 heavy (non-hydrogen) atoms. The van der Waals surface area contributed by atoms with Gasteiger partial charge in [-0.3, -0.25) is 4.79 Å². The summed E-state index contributed by atoms with van der Waals surface area (Å²) in [5.74, 6) is 1.57. The lowest BCUT2D eigenvalue weighted by Crippen LogP contribution is -1.96. The van der Waals surface area contributed by atoms with Crippen LogP contribution in [0.5, 0.6) is 11.5 Å². The number of rotatable bonds is 1. The number of ether oxygens (including phenoxy) is 2. The predicted molar refractivity (Wildman–Crippen MR) is 75.0 cm³/mol. The molecule has 0 radical (unpaired) electrons. The van der Waals surface area contributed by atoms with E-state index in [0.717, 1.165) is 33.8 Å². The van der Waals surface area contributed by atoms with Crippen molar-refractivity contribution >= 4 is 11.9 Å². The van der Waals surface area contributed by atoms with Crippen LogP contribution in [0.1, 0.15) is 21.5 Å². The van der Waals surface area contributed by atoms with Gasteiger partial charge in [0.05, 0.1) is 0 Å². The van der Waals surface area contributed by atoms with E-state index in [1.165, 1.54) is 0 Å². The zero-order chi connectivity index (χ0) is 13.5. The standard InChI is InChI=1S/C17H12O3/c18-16-13(8-11-4-1-2-6-14(11)16)9-12-5-3-7-15-17(12)20-10-19-15/h1-7,9H,8,10H2/b13-9+. The van der Waals surface area contributed by atoms with Crippen LogP contribution in [-0.2, 0) is 6.42 Å². The quantitative estimate of drug-likeness (QED) is 0.742. The van der Waals surface area contributed by atoms with Crippen LogP contribution in [0.15, 0.2) is 48.0 Å². The number of carbonyl (C=O) groups is 1. The molecule has 3 nitrogen and oxygen atoms in total. The molecule has 4 rings (SSSR count). The molecule has 3 heteroatoms. The Morgan fingerprint density at radius 3 is 2.80 bits per heavy atom. The van der Waals surface area contributed by atoms with Crippen molar-refractivity contribution in [3.63, 3.8) is 0 Å². The highest BCUT2D eigenvalue weighted by molar-refractivity contribution is 6.15. The number of allylic oxidation sites excluding steroid dienone is 1. The summed E-state index contributed by atoms with van der Waals surface area (Å²) in [5.41, 5.74) is 3.60. The highest BCUT2D eigenvalue weighted by Gasteiger charge is 2.25. The zero-order valence-corrected chi connectivity index (χ0v) is 10.8. The summed E-state index contributed by atoms with van der Waals surface area (Å²) in [6, 6.07) is 13.5. The fraction of sp³-hybridized carbons (Fsp3) is 0.118. The number of carbonyl (C=O) groups excluding carboxylic acids is 1. The van der Waals surface area contributed by atoms with E-state index < -0.39 is 0 Å². The normalized spacial score (nSPS) is 17.6. The number of Topliss-reactive ketones (excluding diaryl/α,β-unsaturated/α-hetero) is 1. The number of hydrogen-bond acceptors (Lipinski definition) is 3. The zero-order valence-electron chi connectivity index (χ0n) is 10.8. The molecule has 0 unspecified atom stereocenters.